The van der Waals surface area contributed by atoms with Crippen LogP contribution in [0, 0.1) is 0 Å². The summed E-state index contributed by atoms with van der Waals surface area (Å²) in [5.41, 5.74) is 4.77. The van der Waals surface area contributed by atoms with E-state index in [1.165, 1.54) is 5.56 Å². The minimum atomic E-state index is 0.188. The van der Waals surface area contributed by atoms with E-state index in [-0.39, 0.29) is 5.41 Å². The monoisotopic (exact) mass is 254 g/mol. The molecule has 1 aromatic heterocycles. The number of nitrogens with zero attached hydrogens (tertiary/aromatic N) is 2. The SMILES string of the molecule is CC(C)c1cc(-c2ccc(C(C)(C)C)cc2)ncn1. The lowest BCUT2D eigenvalue weighted by atomic mass is 9.86. The molecular weight excluding hydrogens is 232 g/mol. The van der Waals surface area contributed by atoms with Gasteiger partial charge in [-0.3, -0.25) is 0 Å². The van der Waals surface area contributed by atoms with Gasteiger partial charge in [0.1, 0.15) is 6.33 Å². The van der Waals surface area contributed by atoms with Crippen LogP contribution >= 0.6 is 0 Å². The van der Waals surface area contributed by atoms with E-state index in [9.17, 15) is 0 Å². The Morgan fingerprint density at radius 1 is 0.947 bits per heavy atom. The fourth-order valence-corrected chi connectivity index (χ4v) is 1.99. The average molecular weight is 254 g/mol. The van der Waals surface area contributed by atoms with Crippen molar-refractivity contribution < 1.29 is 0 Å². The van der Waals surface area contributed by atoms with Crippen molar-refractivity contribution in [1.29, 1.82) is 0 Å². The van der Waals surface area contributed by atoms with Crippen LogP contribution in [0.25, 0.3) is 11.3 Å². The van der Waals surface area contributed by atoms with Crippen molar-refractivity contribution in [3.63, 3.8) is 0 Å². The smallest absolute Gasteiger partial charge is 0.116 e. The van der Waals surface area contributed by atoms with Crippen LogP contribution in [-0.4, -0.2) is 9.97 Å². The molecule has 1 aromatic carbocycles. The molecular formula is C17H22N2. The first-order chi connectivity index (χ1) is 8.88. The van der Waals surface area contributed by atoms with Crippen molar-refractivity contribution in [2.75, 3.05) is 0 Å². The largest absolute Gasteiger partial charge is 0.241 e. The summed E-state index contributed by atoms with van der Waals surface area (Å²) in [6, 6.07) is 10.7. The normalized spacial score (nSPS) is 11.9. The molecule has 2 nitrogen and oxygen atoms in total. The molecule has 0 saturated carbocycles. The van der Waals surface area contributed by atoms with Gasteiger partial charge in [0.25, 0.3) is 0 Å². The Morgan fingerprint density at radius 3 is 2.11 bits per heavy atom. The van der Waals surface area contributed by atoms with Gasteiger partial charge < -0.3 is 0 Å². The molecule has 0 amide bonds. The molecule has 2 heteroatoms. The Labute approximate surface area is 115 Å². The van der Waals surface area contributed by atoms with E-state index in [1.54, 1.807) is 6.33 Å². The van der Waals surface area contributed by atoms with Gasteiger partial charge in [-0.1, -0.05) is 58.9 Å². The summed E-state index contributed by atoms with van der Waals surface area (Å²) in [4.78, 5) is 8.68. The van der Waals surface area contributed by atoms with E-state index in [4.69, 9.17) is 0 Å². The molecule has 2 aromatic rings. The third-order valence-corrected chi connectivity index (χ3v) is 3.33. The highest BCUT2D eigenvalue weighted by atomic mass is 14.8. The van der Waals surface area contributed by atoms with Gasteiger partial charge in [0.15, 0.2) is 0 Å². The Balaban J connectivity index is 2.35. The zero-order chi connectivity index (χ0) is 14.0. The Bertz CT molecular complexity index is 548. The molecule has 0 atom stereocenters. The number of rotatable bonds is 2. The third kappa shape index (κ3) is 3.19. The quantitative estimate of drug-likeness (QED) is 0.785. The fraction of sp³-hybridized carbons (Fsp3) is 0.412. The molecule has 0 radical (unpaired) electrons. The first kappa shape index (κ1) is 13.7. The van der Waals surface area contributed by atoms with Gasteiger partial charge in [-0.05, 0) is 23.0 Å². The van der Waals surface area contributed by atoms with Crippen LogP contribution < -0.4 is 0 Å². The molecule has 19 heavy (non-hydrogen) atoms. The number of hydrogen-bond donors (Lipinski definition) is 0. The van der Waals surface area contributed by atoms with Crippen molar-refractivity contribution in [1.82, 2.24) is 9.97 Å². The van der Waals surface area contributed by atoms with Crippen molar-refractivity contribution in [3.8, 4) is 11.3 Å². The Morgan fingerprint density at radius 2 is 1.58 bits per heavy atom. The molecule has 0 aliphatic carbocycles. The van der Waals surface area contributed by atoms with E-state index in [0.717, 1.165) is 17.0 Å². The van der Waals surface area contributed by atoms with E-state index >= 15 is 0 Å². The van der Waals surface area contributed by atoms with Gasteiger partial charge >= 0.3 is 0 Å². The second kappa shape index (κ2) is 5.12. The molecule has 0 N–H and O–H groups in total. The fourth-order valence-electron chi connectivity index (χ4n) is 1.99. The highest BCUT2D eigenvalue weighted by Gasteiger charge is 2.13. The summed E-state index contributed by atoms with van der Waals surface area (Å²) in [6.45, 7) is 11.0. The Kier molecular flexibility index (Phi) is 3.70. The molecule has 0 fully saturated rings. The summed E-state index contributed by atoms with van der Waals surface area (Å²) in [5.74, 6) is 0.426. The molecule has 0 spiro atoms. The average Bonchev–Trinajstić information content (AvgIpc) is 2.38. The second-order valence-corrected chi connectivity index (χ2v) is 6.31. The minimum Gasteiger partial charge on any atom is -0.241 e. The van der Waals surface area contributed by atoms with Crippen LogP contribution in [-0.2, 0) is 5.41 Å². The van der Waals surface area contributed by atoms with E-state index in [0.29, 0.717) is 5.92 Å². The maximum Gasteiger partial charge on any atom is 0.116 e. The van der Waals surface area contributed by atoms with Crippen LogP contribution in [0.4, 0.5) is 0 Å². The zero-order valence-corrected chi connectivity index (χ0v) is 12.4. The number of aromatic nitrogens is 2. The standard InChI is InChI=1S/C17H22N2/c1-12(2)15-10-16(19-11-18-15)13-6-8-14(9-7-13)17(3,4)5/h6-12H,1-5H3. The summed E-state index contributed by atoms with van der Waals surface area (Å²) >= 11 is 0. The molecule has 0 bridgehead atoms. The summed E-state index contributed by atoms with van der Waals surface area (Å²) in [6.07, 6.45) is 1.66. The predicted octanol–water partition coefficient (Wildman–Crippen LogP) is 4.56. The molecule has 2 rings (SSSR count). The van der Waals surface area contributed by atoms with E-state index in [2.05, 4.69) is 74.9 Å². The molecule has 1 heterocycles. The highest BCUT2D eigenvalue weighted by molar-refractivity contribution is 5.59. The van der Waals surface area contributed by atoms with E-state index < -0.39 is 0 Å². The lowest BCUT2D eigenvalue weighted by Crippen LogP contribution is -2.10. The molecule has 0 aliphatic rings. The van der Waals surface area contributed by atoms with Crippen LogP contribution in [0.1, 0.15) is 51.8 Å². The highest BCUT2D eigenvalue weighted by Crippen LogP contribution is 2.26. The Hall–Kier alpha value is -1.70. The van der Waals surface area contributed by atoms with Crippen LogP contribution in [0.3, 0.4) is 0 Å². The predicted molar refractivity (Wildman–Crippen MR) is 80.3 cm³/mol. The van der Waals surface area contributed by atoms with Crippen LogP contribution in [0.5, 0.6) is 0 Å². The number of hydrogen-bond acceptors (Lipinski definition) is 2. The second-order valence-electron chi connectivity index (χ2n) is 6.31. The first-order valence-electron chi connectivity index (χ1n) is 6.81. The topological polar surface area (TPSA) is 25.8 Å². The van der Waals surface area contributed by atoms with Gasteiger partial charge in [0.05, 0.1) is 5.69 Å². The third-order valence-electron chi connectivity index (χ3n) is 3.33. The molecule has 100 valence electrons. The van der Waals surface area contributed by atoms with Crippen molar-refractivity contribution in [2.45, 2.75) is 46.0 Å². The van der Waals surface area contributed by atoms with Crippen molar-refractivity contribution in [2.24, 2.45) is 0 Å². The van der Waals surface area contributed by atoms with Crippen molar-refractivity contribution >= 4 is 0 Å². The van der Waals surface area contributed by atoms with Gasteiger partial charge in [-0.2, -0.15) is 0 Å². The molecule has 0 aliphatic heterocycles. The summed E-state index contributed by atoms with van der Waals surface area (Å²) in [7, 11) is 0. The lowest BCUT2D eigenvalue weighted by molar-refractivity contribution is 0.590. The van der Waals surface area contributed by atoms with Crippen molar-refractivity contribution in [3.05, 3.63) is 47.9 Å². The summed E-state index contributed by atoms with van der Waals surface area (Å²) in [5, 5.41) is 0. The van der Waals surface area contributed by atoms with Gasteiger partial charge in [-0.15, -0.1) is 0 Å². The first-order valence-corrected chi connectivity index (χ1v) is 6.81. The maximum atomic E-state index is 4.37. The van der Waals surface area contributed by atoms with Gasteiger partial charge in [0.2, 0.25) is 0 Å². The van der Waals surface area contributed by atoms with Gasteiger partial charge in [-0.25, -0.2) is 9.97 Å². The van der Waals surface area contributed by atoms with E-state index in [1.807, 2.05) is 0 Å². The molecule has 0 saturated heterocycles. The van der Waals surface area contributed by atoms with Gasteiger partial charge in [0, 0.05) is 11.3 Å². The molecule has 0 unspecified atom stereocenters. The minimum absolute atomic E-state index is 0.188. The van der Waals surface area contributed by atoms with Crippen LogP contribution in [0.2, 0.25) is 0 Å². The lowest BCUT2D eigenvalue weighted by Gasteiger charge is -2.19. The maximum absolute atomic E-state index is 4.37. The zero-order valence-electron chi connectivity index (χ0n) is 12.4. The van der Waals surface area contributed by atoms with Crippen LogP contribution in [0.15, 0.2) is 36.7 Å². The number of benzene rings is 1. The summed E-state index contributed by atoms with van der Waals surface area (Å²) < 4.78 is 0.